The van der Waals surface area contributed by atoms with Gasteiger partial charge in [0.05, 0.1) is 16.8 Å². The molecule has 0 amide bonds. The second-order valence-corrected chi connectivity index (χ2v) is 8.98. The van der Waals surface area contributed by atoms with Gasteiger partial charge in [-0.2, -0.15) is 13.2 Å². The topological polar surface area (TPSA) is 66.5 Å². The Kier molecular flexibility index (Phi) is 5.66. The molecule has 0 fully saturated rings. The molecule has 1 aliphatic rings. The number of pyridine rings is 1. The van der Waals surface area contributed by atoms with Crippen LogP contribution in [-0.2, 0) is 17.3 Å². The fraction of sp³-hybridized carbons (Fsp3) is 0.400. The Balaban J connectivity index is 1.89. The molecule has 0 saturated carbocycles. The second-order valence-electron chi connectivity index (χ2n) is 7.89. The highest BCUT2D eigenvalue weighted by atomic mass is 32.2. The molecule has 1 atom stereocenters. The van der Waals surface area contributed by atoms with Gasteiger partial charge in [-0.3, -0.25) is 9.29 Å². The van der Waals surface area contributed by atoms with Crippen LogP contribution in [0.1, 0.15) is 37.6 Å². The molecule has 0 bridgehead atoms. The third-order valence-electron chi connectivity index (χ3n) is 4.96. The first-order chi connectivity index (χ1) is 13.8. The van der Waals surface area contributed by atoms with Gasteiger partial charge in [0.25, 0.3) is 0 Å². The number of halogens is 4. The number of aliphatic imine (C=N–C) groups is 1. The van der Waals surface area contributed by atoms with Crippen molar-refractivity contribution in [3.05, 3.63) is 59.2 Å². The smallest absolute Gasteiger partial charge is 0.375 e. The average Bonchev–Trinajstić information content (AvgIpc) is 2.66. The van der Waals surface area contributed by atoms with Crippen molar-refractivity contribution in [2.75, 3.05) is 18.1 Å². The van der Waals surface area contributed by atoms with Crippen molar-refractivity contribution in [3.63, 3.8) is 0 Å². The van der Waals surface area contributed by atoms with E-state index in [1.54, 1.807) is 37.3 Å². The maximum absolute atomic E-state index is 14.7. The van der Waals surface area contributed by atoms with E-state index in [0.29, 0.717) is 28.7 Å². The maximum Gasteiger partial charge on any atom is 0.417 e. The molecule has 0 aliphatic carbocycles. The Morgan fingerprint density at radius 2 is 1.90 bits per heavy atom. The van der Waals surface area contributed by atoms with Gasteiger partial charge in [0, 0.05) is 30.2 Å². The van der Waals surface area contributed by atoms with Crippen molar-refractivity contribution >= 4 is 23.6 Å². The van der Waals surface area contributed by atoms with E-state index in [1.165, 1.54) is 24.1 Å². The van der Waals surface area contributed by atoms with Gasteiger partial charge in [-0.05, 0) is 63.1 Å². The van der Waals surface area contributed by atoms with E-state index in [2.05, 4.69) is 15.3 Å². The summed E-state index contributed by atoms with van der Waals surface area (Å²) in [7, 11) is 1.79. The van der Waals surface area contributed by atoms with Crippen LogP contribution in [0.2, 0.25) is 0 Å². The van der Waals surface area contributed by atoms with Crippen LogP contribution in [0.15, 0.2) is 41.5 Å². The molecule has 2 heterocycles. The predicted octanol–water partition coefficient (Wildman–Crippen LogP) is 4.71. The summed E-state index contributed by atoms with van der Waals surface area (Å²) in [6.45, 7) is 5.38. The average molecular weight is 441 g/mol. The molecule has 5 nitrogen and oxygen atoms in total. The van der Waals surface area contributed by atoms with E-state index in [0.717, 1.165) is 12.3 Å². The van der Waals surface area contributed by atoms with E-state index >= 15 is 0 Å². The highest BCUT2D eigenvalue weighted by Crippen LogP contribution is 2.38. The Morgan fingerprint density at radius 1 is 1.20 bits per heavy atom. The summed E-state index contributed by atoms with van der Waals surface area (Å²) in [4.78, 5) is 8.44. The molecular weight excluding hydrogens is 418 g/mol. The first-order valence-corrected chi connectivity index (χ1v) is 10.1. The van der Waals surface area contributed by atoms with Crippen molar-refractivity contribution in [2.24, 2.45) is 10.7 Å². The number of nitrogens with zero attached hydrogens (tertiary/aromatic N) is 3. The molecule has 1 aromatic heterocycles. The summed E-state index contributed by atoms with van der Waals surface area (Å²) in [5, 5.41) is 3.23. The summed E-state index contributed by atoms with van der Waals surface area (Å²) in [6, 6.07) is 6.90. The largest absolute Gasteiger partial charge is 0.417 e. The number of hydrogen-bond acceptors (Lipinski definition) is 6. The van der Waals surface area contributed by atoms with Gasteiger partial charge in [-0.15, -0.1) is 0 Å². The Hall–Kier alpha value is -2.49. The molecular formula is C20H23F4N5S. The van der Waals surface area contributed by atoms with Crippen LogP contribution in [-0.4, -0.2) is 28.0 Å². The first kappa shape index (κ1) is 22.2. The zero-order valence-corrected chi connectivity index (χ0v) is 17.8. The van der Waals surface area contributed by atoms with Gasteiger partial charge in [0.2, 0.25) is 5.96 Å². The Bertz CT molecular complexity index is 959. The van der Waals surface area contributed by atoms with Crippen molar-refractivity contribution in [3.8, 4) is 0 Å². The summed E-state index contributed by atoms with van der Waals surface area (Å²) >= 11 is 1.44. The lowest BCUT2D eigenvalue weighted by molar-refractivity contribution is -0.137. The fourth-order valence-electron chi connectivity index (χ4n) is 3.15. The minimum Gasteiger partial charge on any atom is -0.375 e. The molecule has 1 unspecified atom stereocenters. The van der Waals surface area contributed by atoms with E-state index in [-0.39, 0.29) is 0 Å². The third-order valence-corrected chi connectivity index (χ3v) is 6.22. The lowest BCUT2D eigenvalue weighted by atomic mass is 9.92. The molecule has 1 aliphatic heterocycles. The van der Waals surface area contributed by atoms with Gasteiger partial charge in [0.15, 0.2) is 0 Å². The number of guanidine groups is 1. The summed E-state index contributed by atoms with van der Waals surface area (Å²) in [5.74, 6) is 0.407. The van der Waals surface area contributed by atoms with Crippen molar-refractivity contribution in [2.45, 2.75) is 38.0 Å². The molecule has 0 radical (unpaired) electrons. The number of aromatic nitrogens is 1. The molecule has 0 saturated heterocycles. The lowest BCUT2D eigenvalue weighted by Crippen LogP contribution is -2.40. The molecule has 3 rings (SSSR count). The minimum atomic E-state index is -4.45. The number of nitrogens with two attached hydrogens (primary N) is 1. The lowest BCUT2D eigenvalue weighted by Gasteiger charge is -2.35. The van der Waals surface area contributed by atoms with Gasteiger partial charge in [0.1, 0.15) is 11.4 Å². The van der Waals surface area contributed by atoms with Crippen molar-refractivity contribution in [1.29, 1.82) is 0 Å². The van der Waals surface area contributed by atoms with Crippen molar-refractivity contribution < 1.29 is 17.6 Å². The van der Waals surface area contributed by atoms with Crippen LogP contribution >= 0.6 is 11.9 Å². The number of alkyl halides is 3. The standard InChI is InChI=1S/C20H23F4N5S/c1-18(2,16-8-5-12(10-26-16)20(22,23)24)27-13-6-7-15(21)14(9-13)19(3)11-30-29(4)17(25)28-19/h5-10,27H,11H2,1-4H3,(H2,25,28). The van der Waals surface area contributed by atoms with Crippen LogP contribution in [0, 0.1) is 5.82 Å². The zero-order chi connectivity index (χ0) is 22.3. The van der Waals surface area contributed by atoms with Gasteiger partial charge in [-0.25, -0.2) is 9.38 Å². The predicted molar refractivity (Wildman–Crippen MR) is 111 cm³/mol. The van der Waals surface area contributed by atoms with Crippen LogP contribution in [0.25, 0.3) is 0 Å². The Morgan fingerprint density at radius 3 is 2.47 bits per heavy atom. The highest BCUT2D eigenvalue weighted by Gasteiger charge is 2.35. The molecule has 162 valence electrons. The van der Waals surface area contributed by atoms with Crippen molar-refractivity contribution in [1.82, 2.24) is 9.29 Å². The summed E-state index contributed by atoms with van der Waals surface area (Å²) < 4.78 is 54.8. The SMILES string of the molecule is CN1SCC(C)(c2cc(NC(C)(C)c3ccc(C(F)(F)F)cn3)ccc2F)N=C1N. The third kappa shape index (κ3) is 4.48. The number of rotatable bonds is 4. The highest BCUT2D eigenvalue weighted by molar-refractivity contribution is 7.97. The van der Waals surface area contributed by atoms with Crippen LogP contribution in [0.4, 0.5) is 23.2 Å². The molecule has 2 aromatic rings. The molecule has 30 heavy (non-hydrogen) atoms. The minimum absolute atomic E-state index is 0.306. The zero-order valence-electron chi connectivity index (χ0n) is 17.0. The quantitative estimate of drug-likeness (QED) is 0.531. The molecule has 1 aromatic carbocycles. The van der Waals surface area contributed by atoms with Crippen LogP contribution < -0.4 is 11.1 Å². The number of hydrogen-bond donors (Lipinski definition) is 2. The van der Waals surface area contributed by atoms with Gasteiger partial charge in [-0.1, -0.05) is 0 Å². The van der Waals surface area contributed by atoms with E-state index in [1.807, 2.05) is 6.92 Å². The molecule has 0 spiro atoms. The maximum atomic E-state index is 14.7. The molecule has 3 N–H and O–H groups in total. The van der Waals surface area contributed by atoms with Gasteiger partial charge >= 0.3 is 6.18 Å². The molecule has 10 heteroatoms. The van der Waals surface area contributed by atoms with E-state index in [9.17, 15) is 17.6 Å². The first-order valence-electron chi connectivity index (χ1n) is 9.16. The number of nitrogens with one attached hydrogen (secondary N) is 1. The Labute approximate surface area is 176 Å². The number of benzene rings is 1. The summed E-state index contributed by atoms with van der Waals surface area (Å²) in [6.07, 6.45) is -3.64. The van der Waals surface area contributed by atoms with E-state index < -0.39 is 28.6 Å². The van der Waals surface area contributed by atoms with Crippen LogP contribution in [0.3, 0.4) is 0 Å². The van der Waals surface area contributed by atoms with E-state index in [4.69, 9.17) is 5.73 Å². The fourth-order valence-corrected chi connectivity index (χ4v) is 3.99. The van der Waals surface area contributed by atoms with Gasteiger partial charge < -0.3 is 11.1 Å². The second kappa shape index (κ2) is 7.64. The van der Waals surface area contributed by atoms with Crippen LogP contribution in [0.5, 0.6) is 0 Å². The number of anilines is 1. The monoisotopic (exact) mass is 441 g/mol. The normalized spacial score (nSPS) is 20.1. The summed E-state index contributed by atoms with van der Waals surface area (Å²) in [5.41, 5.74) is 4.87.